The summed E-state index contributed by atoms with van der Waals surface area (Å²) in [4.78, 5) is 5.00. The molecule has 14 heavy (non-hydrogen) atoms. The second-order valence-electron chi connectivity index (χ2n) is 4.93. The van der Waals surface area contributed by atoms with Gasteiger partial charge in [-0.3, -0.25) is 4.90 Å². The molecule has 2 heterocycles. The van der Waals surface area contributed by atoms with Crippen LogP contribution in [0.5, 0.6) is 0 Å². The van der Waals surface area contributed by atoms with Crippen molar-refractivity contribution in [3.63, 3.8) is 0 Å². The number of likely N-dealkylation sites (N-methyl/N-ethyl adjacent to an activating group) is 1. The van der Waals surface area contributed by atoms with E-state index in [1.807, 2.05) is 0 Å². The molecule has 0 aromatic heterocycles. The lowest BCUT2D eigenvalue weighted by Crippen LogP contribution is -2.60. The van der Waals surface area contributed by atoms with Gasteiger partial charge in [0.1, 0.15) is 0 Å². The van der Waals surface area contributed by atoms with Crippen LogP contribution in [0.4, 0.5) is 0 Å². The van der Waals surface area contributed by atoms with E-state index < -0.39 is 0 Å². The first-order valence-electron chi connectivity index (χ1n) is 5.70. The molecule has 2 aliphatic heterocycles. The Kier molecular flexibility index (Phi) is 3.10. The zero-order chi connectivity index (χ0) is 10.1. The van der Waals surface area contributed by atoms with Crippen LogP contribution in [0.25, 0.3) is 0 Å². The van der Waals surface area contributed by atoms with Crippen molar-refractivity contribution in [2.24, 2.45) is 5.92 Å². The van der Waals surface area contributed by atoms with Gasteiger partial charge in [-0.2, -0.15) is 0 Å². The highest BCUT2D eigenvalue weighted by molar-refractivity contribution is 4.91. The molecule has 0 amide bonds. The number of rotatable bonds is 2. The predicted molar refractivity (Wildman–Crippen MR) is 57.4 cm³/mol. The molecule has 0 aromatic carbocycles. The molecular weight excluding hydrogens is 176 g/mol. The lowest BCUT2D eigenvalue weighted by atomic mass is 9.89. The Labute approximate surface area is 87.0 Å². The lowest BCUT2D eigenvalue weighted by Gasteiger charge is -2.49. The van der Waals surface area contributed by atoms with Crippen LogP contribution in [0.15, 0.2) is 0 Å². The van der Waals surface area contributed by atoms with Gasteiger partial charge >= 0.3 is 0 Å². The van der Waals surface area contributed by atoms with E-state index in [0.29, 0.717) is 12.1 Å². The van der Waals surface area contributed by atoms with Crippen LogP contribution in [0, 0.1) is 5.92 Å². The van der Waals surface area contributed by atoms with Crippen molar-refractivity contribution in [3.05, 3.63) is 0 Å². The molecule has 1 atom stereocenters. The number of nitrogens with zero attached hydrogens (tertiary/aromatic N) is 2. The minimum absolute atomic E-state index is 0.666. The number of hydrogen-bond acceptors (Lipinski definition) is 3. The van der Waals surface area contributed by atoms with Gasteiger partial charge < -0.3 is 9.64 Å². The summed E-state index contributed by atoms with van der Waals surface area (Å²) >= 11 is 0. The van der Waals surface area contributed by atoms with E-state index in [9.17, 15) is 0 Å². The maximum atomic E-state index is 5.54. The van der Waals surface area contributed by atoms with Crippen LogP contribution in [0.1, 0.15) is 13.8 Å². The number of ether oxygens (including phenoxy) is 1. The van der Waals surface area contributed by atoms with Crippen LogP contribution in [0.3, 0.4) is 0 Å². The van der Waals surface area contributed by atoms with Gasteiger partial charge in [-0.05, 0) is 20.9 Å². The van der Waals surface area contributed by atoms with Crippen LogP contribution >= 0.6 is 0 Å². The molecular formula is C11H22N2O. The van der Waals surface area contributed by atoms with Crippen molar-refractivity contribution in [3.8, 4) is 0 Å². The molecule has 82 valence electrons. The van der Waals surface area contributed by atoms with Crippen molar-refractivity contribution in [2.45, 2.75) is 25.9 Å². The second-order valence-corrected chi connectivity index (χ2v) is 4.93. The summed E-state index contributed by atoms with van der Waals surface area (Å²) in [6, 6.07) is 1.37. The van der Waals surface area contributed by atoms with E-state index >= 15 is 0 Å². The van der Waals surface area contributed by atoms with E-state index in [1.165, 1.54) is 13.1 Å². The van der Waals surface area contributed by atoms with E-state index in [0.717, 1.165) is 25.7 Å². The van der Waals surface area contributed by atoms with Gasteiger partial charge in [0.05, 0.1) is 13.2 Å². The van der Waals surface area contributed by atoms with Crippen LogP contribution < -0.4 is 0 Å². The first kappa shape index (κ1) is 10.4. The van der Waals surface area contributed by atoms with Crippen molar-refractivity contribution >= 4 is 0 Å². The molecule has 2 aliphatic rings. The second kappa shape index (κ2) is 4.17. The summed E-state index contributed by atoms with van der Waals surface area (Å²) in [6.45, 7) is 10.0. The molecule has 0 N–H and O–H groups in total. The fourth-order valence-electron chi connectivity index (χ4n) is 2.42. The largest absolute Gasteiger partial charge is 0.378 e. The Balaban J connectivity index is 1.80. The van der Waals surface area contributed by atoms with E-state index in [4.69, 9.17) is 4.74 Å². The molecule has 2 fully saturated rings. The first-order valence-corrected chi connectivity index (χ1v) is 5.70. The zero-order valence-electron chi connectivity index (χ0n) is 9.57. The molecule has 2 saturated heterocycles. The molecule has 3 nitrogen and oxygen atoms in total. The maximum absolute atomic E-state index is 5.54. The molecule has 0 spiro atoms. The average Bonchev–Trinajstić information content (AvgIpc) is 2.05. The Morgan fingerprint density at radius 3 is 2.57 bits per heavy atom. The van der Waals surface area contributed by atoms with Gasteiger partial charge in [0.2, 0.25) is 0 Å². The highest BCUT2D eigenvalue weighted by Crippen LogP contribution is 2.25. The van der Waals surface area contributed by atoms with Gasteiger partial charge in [-0.15, -0.1) is 0 Å². The maximum Gasteiger partial charge on any atom is 0.0626 e. The summed E-state index contributed by atoms with van der Waals surface area (Å²) in [7, 11) is 2.23. The molecule has 0 bridgehead atoms. The molecule has 3 heteroatoms. The number of hydrogen-bond donors (Lipinski definition) is 0. The van der Waals surface area contributed by atoms with Crippen LogP contribution in [-0.4, -0.2) is 61.8 Å². The van der Waals surface area contributed by atoms with Crippen LogP contribution in [-0.2, 0) is 4.74 Å². The van der Waals surface area contributed by atoms with Gasteiger partial charge in [-0.1, -0.05) is 0 Å². The normalized spacial score (nSPS) is 32.1. The molecule has 1 unspecified atom stereocenters. The molecule has 0 aromatic rings. The summed E-state index contributed by atoms with van der Waals surface area (Å²) < 4.78 is 5.54. The minimum Gasteiger partial charge on any atom is -0.378 e. The van der Waals surface area contributed by atoms with Gasteiger partial charge in [0.15, 0.2) is 0 Å². The third kappa shape index (κ3) is 1.95. The van der Waals surface area contributed by atoms with Gasteiger partial charge in [0.25, 0.3) is 0 Å². The topological polar surface area (TPSA) is 15.7 Å². The van der Waals surface area contributed by atoms with Crippen LogP contribution in [0.2, 0.25) is 0 Å². The summed E-state index contributed by atoms with van der Waals surface area (Å²) in [5.41, 5.74) is 0. The molecule has 0 saturated carbocycles. The lowest BCUT2D eigenvalue weighted by molar-refractivity contribution is -0.0630. The third-order valence-electron chi connectivity index (χ3n) is 3.66. The van der Waals surface area contributed by atoms with E-state index in [2.05, 4.69) is 30.7 Å². The van der Waals surface area contributed by atoms with E-state index in [-0.39, 0.29) is 0 Å². The smallest absolute Gasteiger partial charge is 0.0626 e. The Morgan fingerprint density at radius 2 is 2.00 bits per heavy atom. The SMILES string of the molecule is CC(C)N1CC(C2COCCN2C)C1. The summed E-state index contributed by atoms with van der Waals surface area (Å²) in [5, 5.41) is 0. The Bertz CT molecular complexity index is 190. The summed E-state index contributed by atoms with van der Waals surface area (Å²) in [5.74, 6) is 0.836. The van der Waals surface area contributed by atoms with Crippen molar-refractivity contribution in [2.75, 3.05) is 39.9 Å². The van der Waals surface area contributed by atoms with Crippen molar-refractivity contribution < 1.29 is 4.74 Å². The van der Waals surface area contributed by atoms with Crippen molar-refractivity contribution in [1.82, 2.24) is 9.80 Å². The molecule has 0 aliphatic carbocycles. The third-order valence-corrected chi connectivity index (χ3v) is 3.66. The Morgan fingerprint density at radius 1 is 1.29 bits per heavy atom. The Hall–Kier alpha value is -0.120. The van der Waals surface area contributed by atoms with Gasteiger partial charge in [0, 0.05) is 37.6 Å². The quantitative estimate of drug-likeness (QED) is 0.648. The fourth-order valence-corrected chi connectivity index (χ4v) is 2.42. The van der Waals surface area contributed by atoms with Gasteiger partial charge in [-0.25, -0.2) is 0 Å². The minimum atomic E-state index is 0.666. The van der Waals surface area contributed by atoms with Crippen molar-refractivity contribution in [1.29, 1.82) is 0 Å². The fraction of sp³-hybridized carbons (Fsp3) is 1.00. The summed E-state index contributed by atoms with van der Waals surface area (Å²) in [6.07, 6.45) is 0. The number of likely N-dealkylation sites (tertiary alicyclic amines) is 1. The molecule has 2 rings (SSSR count). The standard InChI is InChI=1S/C11H22N2O/c1-9(2)13-6-10(7-13)11-8-14-5-4-12(11)3/h9-11H,4-8H2,1-3H3. The highest BCUT2D eigenvalue weighted by atomic mass is 16.5. The number of morpholine rings is 1. The predicted octanol–water partition coefficient (Wildman–Crippen LogP) is 0.657. The first-order chi connectivity index (χ1) is 6.68. The highest BCUT2D eigenvalue weighted by Gasteiger charge is 2.37. The zero-order valence-corrected chi connectivity index (χ0v) is 9.57. The monoisotopic (exact) mass is 198 g/mol. The molecule has 0 radical (unpaired) electrons. The van der Waals surface area contributed by atoms with E-state index in [1.54, 1.807) is 0 Å². The average molecular weight is 198 g/mol.